The lowest BCUT2D eigenvalue weighted by molar-refractivity contribution is 0.252. The van der Waals surface area contributed by atoms with E-state index in [9.17, 15) is 0 Å². The predicted octanol–water partition coefficient (Wildman–Crippen LogP) is 7.98. The van der Waals surface area contributed by atoms with Crippen LogP contribution in [0.3, 0.4) is 0 Å². The van der Waals surface area contributed by atoms with Crippen LogP contribution in [0.5, 0.6) is 0 Å². The Morgan fingerprint density at radius 2 is 1.24 bits per heavy atom. The summed E-state index contributed by atoms with van der Waals surface area (Å²) in [6.07, 6.45) is 0. The summed E-state index contributed by atoms with van der Waals surface area (Å²) >= 11 is 0. The number of hydrogen-bond acceptors (Lipinski definition) is 4. The van der Waals surface area contributed by atoms with Crippen molar-refractivity contribution >= 4 is 33.7 Å². The molecule has 0 unspecified atom stereocenters. The molecule has 0 aliphatic carbocycles. The van der Waals surface area contributed by atoms with Gasteiger partial charge < -0.3 is 4.57 Å². The van der Waals surface area contributed by atoms with E-state index < -0.39 is 0 Å². The molecule has 2 aromatic heterocycles. The first-order valence-electron chi connectivity index (χ1n) is 13.1. The Morgan fingerprint density at radius 1 is 0.579 bits per heavy atom. The molecule has 0 spiro atoms. The third-order valence-corrected chi connectivity index (χ3v) is 8.39. The van der Waals surface area contributed by atoms with Crippen LogP contribution in [0.15, 0.2) is 103 Å². The van der Waals surface area contributed by atoms with Gasteiger partial charge in [-0.2, -0.15) is 0 Å². The van der Waals surface area contributed by atoms with E-state index in [2.05, 4.69) is 116 Å². The van der Waals surface area contributed by atoms with Crippen molar-refractivity contribution in [1.82, 2.24) is 19.5 Å². The maximum atomic E-state index is 5.36. The zero-order valence-corrected chi connectivity index (χ0v) is 22.1. The zero-order valence-electron chi connectivity index (χ0n) is 22.1. The number of imidazole rings is 1. The molecule has 38 heavy (non-hydrogen) atoms. The quantitative estimate of drug-likeness (QED) is 0.250. The van der Waals surface area contributed by atoms with Crippen LogP contribution in [-0.4, -0.2) is 25.1 Å². The van der Waals surface area contributed by atoms with E-state index in [0.717, 1.165) is 50.4 Å². The summed E-state index contributed by atoms with van der Waals surface area (Å²) in [6, 6.07) is 35.5. The van der Waals surface area contributed by atoms with Gasteiger partial charge in [-0.3, -0.25) is 4.90 Å². The highest BCUT2D eigenvalue weighted by Gasteiger charge is 2.54. The van der Waals surface area contributed by atoms with E-state index in [1.165, 1.54) is 0 Å². The molecule has 5 nitrogen and oxygen atoms in total. The monoisotopic (exact) mass is 495 g/mol. The second-order valence-electron chi connectivity index (χ2n) is 11.0. The van der Waals surface area contributed by atoms with Gasteiger partial charge in [-0.15, -0.1) is 0 Å². The number of aromatic nitrogens is 4. The lowest BCUT2D eigenvalue weighted by atomic mass is 9.82. The summed E-state index contributed by atoms with van der Waals surface area (Å²) in [4.78, 5) is 17.9. The van der Waals surface area contributed by atoms with Gasteiger partial charge in [0.1, 0.15) is 5.82 Å². The predicted molar refractivity (Wildman–Crippen MR) is 156 cm³/mol. The normalized spacial score (nSPS) is 15.7. The van der Waals surface area contributed by atoms with Crippen molar-refractivity contribution in [3.8, 4) is 22.5 Å². The minimum atomic E-state index is -0.322. The molecule has 1 aliphatic heterocycles. The second-order valence-corrected chi connectivity index (χ2v) is 11.0. The summed E-state index contributed by atoms with van der Waals surface area (Å²) < 4.78 is 2.40. The van der Waals surface area contributed by atoms with Gasteiger partial charge in [0.05, 0.1) is 27.6 Å². The first-order chi connectivity index (χ1) is 18.4. The molecule has 0 saturated heterocycles. The lowest BCUT2D eigenvalue weighted by Gasteiger charge is -2.41. The number of benzene rings is 4. The van der Waals surface area contributed by atoms with Gasteiger partial charge in [0, 0.05) is 16.5 Å². The summed E-state index contributed by atoms with van der Waals surface area (Å²) in [7, 11) is 0. The summed E-state index contributed by atoms with van der Waals surface area (Å²) in [6.45, 7) is 9.17. The Morgan fingerprint density at radius 3 is 1.97 bits per heavy atom. The van der Waals surface area contributed by atoms with Crippen LogP contribution < -0.4 is 4.90 Å². The van der Waals surface area contributed by atoms with Crippen molar-refractivity contribution in [1.29, 1.82) is 0 Å². The minimum absolute atomic E-state index is 0.272. The van der Waals surface area contributed by atoms with E-state index in [4.69, 9.17) is 15.0 Å². The third kappa shape index (κ3) is 3.08. The number of para-hydroxylation sites is 2. The third-order valence-electron chi connectivity index (χ3n) is 8.39. The highest BCUT2D eigenvalue weighted by atomic mass is 15.5. The van der Waals surface area contributed by atoms with Crippen LogP contribution in [0.1, 0.15) is 27.7 Å². The average molecular weight is 496 g/mol. The molecular formula is C33H29N5. The molecule has 5 heteroatoms. The topological polar surface area (TPSA) is 46.8 Å². The average Bonchev–Trinajstić information content (AvgIpc) is 3.39. The molecule has 0 radical (unpaired) electrons. The maximum absolute atomic E-state index is 5.36. The molecule has 186 valence electrons. The van der Waals surface area contributed by atoms with Gasteiger partial charge in [-0.1, -0.05) is 84.9 Å². The molecule has 0 N–H and O–H groups in total. The van der Waals surface area contributed by atoms with Crippen LogP contribution in [0, 0.1) is 0 Å². The number of fused-ring (bicyclic) bond motifs is 4. The molecule has 7 rings (SSSR count). The van der Waals surface area contributed by atoms with Crippen LogP contribution in [0.2, 0.25) is 0 Å². The van der Waals surface area contributed by atoms with Gasteiger partial charge in [-0.25, -0.2) is 15.0 Å². The van der Waals surface area contributed by atoms with Crippen molar-refractivity contribution in [3.05, 3.63) is 103 Å². The van der Waals surface area contributed by atoms with Crippen molar-refractivity contribution in [2.45, 2.75) is 38.8 Å². The van der Waals surface area contributed by atoms with E-state index in [0.29, 0.717) is 5.82 Å². The van der Waals surface area contributed by atoms with Crippen molar-refractivity contribution in [2.75, 3.05) is 4.90 Å². The molecule has 1 aliphatic rings. The van der Waals surface area contributed by atoms with Gasteiger partial charge in [0.2, 0.25) is 5.95 Å². The number of rotatable bonds is 3. The summed E-state index contributed by atoms with van der Waals surface area (Å²) in [5.74, 6) is 2.50. The Labute approximate surface area is 222 Å². The maximum Gasteiger partial charge on any atom is 0.213 e. The second kappa shape index (κ2) is 7.99. The van der Waals surface area contributed by atoms with Crippen molar-refractivity contribution in [2.24, 2.45) is 0 Å². The number of nitrogens with zero attached hydrogens (tertiary/aromatic N) is 5. The molecular weight excluding hydrogens is 466 g/mol. The van der Waals surface area contributed by atoms with Crippen LogP contribution in [0.25, 0.3) is 44.5 Å². The fourth-order valence-corrected chi connectivity index (χ4v) is 5.74. The first kappa shape index (κ1) is 22.7. The molecule has 0 saturated carbocycles. The van der Waals surface area contributed by atoms with Gasteiger partial charge in [-0.05, 0) is 51.5 Å². The minimum Gasteiger partial charge on any atom is -0.302 e. The Balaban J connectivity index is 1.54. The smallest absolute Gasteiger partial charge is 0.213 e. The van der Waals surface area contributed by atoms with Crippen molar-refractivity contribution < 1.29 is 0 Å². The summed E-state index contributed by atoms with van der Waals surface area (Å²) in [5, 5.41) is 1.01. The lowest BCUT2D eigenvalue weighted by Crippen LogP contribution is -2.51. The van der Waals surface area contributed by atoms with Gasteiger partial charge in [0.25, 0.3) is 0 Å². The van der Waals surface area contributed by atoms with Gasteiger partial charge in [0.15, 0.2) is 5.82 Å². The Hall–Kier alpha value is -4.51. The molecule has 0 atom stereocenters. The first-order valence-corrected chi connectivity index (χ1v) is 13.1. The highest BCUT2D eigenvalue weighted by molar-refractivity contribution is 5.98. The summed E-state index contributed by atoms with van der Waals surface area (Å²) in [5.41, 5.74) is 5.75. The number of anilines is 2. The van der Waals surface area contributed by atoms with Crippen LogP contribution >= 0.6 is 0 Å². The fourth-order valence-electron chi connectivity index (χ4n) is 5.74. The zero-order chi connectivity index (χ0) is 26.1. The molecule has 0 bridgehead atoms. The Kier molecular flexibility index (Phi) is 4.77. The Bertz CT molecular complexity index is 1820. The van der Waals surface area contributed by atoms with Crippen molar-refractivity contribution in [3.63, 3.8) is 0 Å². The van der Waals surface area contributed by atoms with Gasteiger partial charge >= 0.3 is 0 Å². The molecule has 4 aromatic carbocycles. The highest BCUT2D eigenvalue weighted by Crippen LogP contribution is 2.53. The SMILES string of the molecule is CC1(C)N(c2nc(-c3ccccc3)nc3ccccc23)c2nc3c(-c4ccccc4)cccc3n2C1(C)C. The largest absolute Gasteiger partial charge is 0.302 e. The van der Waals surface area contributed by atoms with E-state index in [1.807, 2.05) is 24.3 Å². The van der Waals surface area contributed by atoms with Crippen LogP contribution in [0.4, 0.5) is 11.8 Å². The number of hydrogen-bond donors (Lipinski definition) is 0. The molecule has 0 amide bonds. The van der Waals surface area contributed by atoms with Crippen LogP contribution in [-0.2, 0) is 5.54 Å². The molecule has 3 heterocycles. The molecule has 0 fully saturated rings. The molecule has 6 aromatic rings. The fraction of sp³-hybridized carbons (Fsp3) is 0.182. The van der Waals surface area contributed by atoms with E-state index in [1.54, 1.807) is 0 Å². The van der Waals surface area contributed by atoms with E-state index >= 15 is 0 Å². The van der Waals surface area contributed by atoms with E-state index in [-0.39, 0.29) is 11.1 Å². The standard InChI is InChI=1S/C33H29N5/c1-32(2)33(3,4)38(30-25-18-11-12-20-26(25)34-29(36-30)23-16-9-6-10-17-23)31-35-28-24(22-14-7-5-8-15-22)19-13-21-27(28)37(31)32/h5-21H,1-4H3.